The topological polar surface area (TPSA) is 61.8 Å². The Morgan fingerprint density at radius 2 is 0.783 bits per heavy atom. The summed E-state index contributed by atoms with van der Waals surface area (Å²) >= 11 is 0. The molecule has 0 heterocycles. The third kappa shape index (κ3) is 47.5. The molecule has 0 saturated carbocycles. The van der Waals surface area contributed by atoms with E-state index in [-0.39, 0.29) is 25.2 Å². The van der Waals surface area contributed by atoms with Crippen LogP contribution in [0.3, 0.4) is 0 Å². The number of rotatable bonds is 44. The lowest BCUT2D eigenvalue weighted by molar-refractivity contribution is -0.163. The van der Waals surface area contributed by atoms with Gasteiger partial charge in [-0.2, -0.15) is 0 Å². The fourth-order valence-corrected chi connectivity index (χ4v) is 6.38. The van der Waals surface area contributed by atoms with Gasteiger partial charge in [-0.15, -0.1) is 0 Å². The molecule has 0 fully saturated rings. The van der Waals surface area contributed by atoms with E-state index in [1.165, 1.54) is 70.6 Å². The molecule has 0 aliphatic heterocycles. The van der Waals surface area contributed by atoms with Gasteiger partial charge in [0.05, 0.1) is 6.61 Å². The molecule has 5 nitrogen and oxygen atoms in total. The number of hydrogen-bond donors (Lipinski definition) is 0. The van der Waals surface area contributed by atoms with Crippen molar-refractivity contribution < 1.29 is 23.8 Å². The Kier molecular flexibility index (Phi) is 47.5. The standard InChI is InChI=1S/C55H92O5/c1-4-7-10-13-16-19-22-24-26-27-28-29-30-31-34-36-39-42-45-48-54(56)59-52-53(60-55(57)49-46-43-40-37-33-21-18-15-12-9-6-3)51-58-50-47-44-41-38-35-32-25-23-20-17-14-11-8-5-2/h7,10-11,14-16,18-20,23-24,26,28-29,31,34,53H,4-6,8-9,12-13,17,21-22,25,27,30,32-33,35-52H2,1-3H3/b10-7-,14-11-,18-15-,19-16-,23-20-,26-24-,29-28-,34-31-. The van der Waals surface area contributed by atoms with Crippen molar-refractivity contribution in [2.45, 2.75) is 219 Å². The van der Waals surface area contributed by atoms with Gasteiger partial charge >= 0.3 is 11.9 Å². The summed E-state index contributed by atoms with van der Waals surface area (Å²) in [4.78, 5) is 25.3. The van der Waals surface area contributed by atoms with Crippen molar-refractivity contribution in [2.24, 2.45) is 0 Å². The normalized spacial score (nSPS) is 13.1. The number of hydrogen-bond acceptors (Lipinski definition) is 5. The molecule has 0 aromatic carbocycles. The van der Waals surface area contributed by atoms with E-state index in [4.69, 9.17) is 14.2 Å². The molecule has 0 spiro atoms. The van der Waals surface area contributed by atoms with Crippen molar-refractivity contribution in [3.05, 3.63) is 97.2 Å². The smallest absolute Gasteiger partial charge is 0.306 e. The second-order valence-corrected chi connectivity index (χ2v) is 16.0. The second kappa shape index (κ2) is 50.2. The molecule has 0 amide bonds. The number of unbranched alkanes of at least 4 members (excludes halogenated alkanes) is 17. The average molecular weight is 833 g/mol. The Balaban J connectivity index is 4.34. The van der Waals surface area contributed by atoms with E-state index in [1.807, 2.05) is 0 Å². The highest BCUT2D eigenvalue weighted by molar-refractivity contribution is 5.70. The van der Waals surface area contributed by atoms with Gasteiger partial charge in [0.1, 0.15) is 6.61 Å². The number of esters is 2. The van der Waals surface area contributed by atoms with Crippen molar-refractivity contribution in [3.8, 4) is 0 Å². The molecule has 0 aliphatic carbocycles. The van der Waals surface area contributed by atoms with Crippen LogP contribution in [0, 0.1) is 0 Å². The molecule has 0 aliphatic rings. The lowest BCUT2D eigenvalue weighted by Crippen LogP contribution is -2.30. The number of carbonyl (C=O) groups is 2. The Hall–Kier alpha value is -3.18. The molecule has 1 unspecified atom stereocenters. The van der Waals surface area contributed by atoms with Crippen molar-refractivity contribution in [1.82, 2.24) is 0 Å². The number of carbonyl (C=O) groups excluding carboxylic acids is 2. The predicted molar refractivity (Wildman–Crippen MR) is 260 cm³/mol. The monoisotopic (exact) mass is 833 g/mol. The summed E-state index contributed by atoms with van der Waals surface area (Å²) in [5.74, 6) is -0.457. The fourth-order valence-electron chi connectivity index (χ4n) is 6.38. The van der Waals surface area contributed by atoms with Gasteiger partial charge in [-0.25, -0.2) is 0 Å². The average Bonchev–Trinajstić information content (AvgIpc) is 3.25. The zero-order chi connectivity index (χ0) is 43.5. The molecular formula is C55H92O5. The van der Waals surface area contributed by atoms with Crippen LogP contribution >= 0.6 is 0 Å². The van der Waals surface area contributed by atoms with Gasteiger partial charge in [0, 0.05) is 19.4 Å². The maximum absolute atomic E-state index is 12.7. The molecular weight excluding hydrogens is 741 g/mol. The van der Waals surface area contributed by atoms with Crippen LogP contribution in [-0.2, 0) is 23.8 Å². The van der Waals surface area contributed by atoms with Gasteiger partial charge in [-0.3, -0.25) is 9.59 Å². The molecule has 0 aromatic rings. The van der Waals surface area contributed by atoms with Gasteiger partial charge in [-0.05, 0) is 109 Å². The summed E-state index contributed by atoms with van der Waals surface area (Å²) in [6, 6.07) is 0. The van der Waals surface area contributed by atoms with E-state index in [1.54, 1.807) is 0 Å². The first-order chi connectivity index (χ1) is 29.6. The van der Waals surface area contributed by atoms with E-state index in [0.717, 1.165) is 109 Å². The van der Waals surface area contributed by atoms with E-state index < -0.39 is 6.10 Å². The lowest BCUT2D eigenvalue weighted by atomic mass is 10.1. The summed E-state index contributed by atoms with van der Waals surface area (Å²) in [5.41, 5.74) is 0. The van der Waals surface area contributed by atoms with Crippen LogP contribution in [0.5, 0.6) is 0 Å². The quantitative estimate of drug-likeness (QED) is 0.0348. The molecule has 0 bridgehead atoms. The van der Waals surface area contributed by atoms with Crippen LogP contribution in [0.25, 0.3) is 0 Å². The Bertz CT molecular complexity index is 1170. The van der Waals surface area contributed by atoms with E-state index in [9.17, 15) is 9.59 Å². The summed E-state index contributed by atoms with van der Waals surface area (Å²) in [6.45, 7) is 7.54. The molecule has 5 heteroatoms. The van der Waals surface area contributed by atoms with Crippen LogP contribution in [0.2, 0.25) is 0 Å². The zero-order valence-electron chi connectivity index (χ0n) is 39.2. The van der Waals surface area contributed by atoms with Gasteiger partial charge in [0.2, 0.25) is 0 Å². The van der Waals surface area contributed by atoms with Crippen molar-refractivity contribution in [3.63, 3.8) is 0 Å². The minimum atomic E-state index is -0.563. The number of allylic oxidation sites excluding steroid dienone is 16. The molecule has 0 radical (unpaired) electrons. The highest BCUT2D eigenvalue weighted by Gasteiger charge is 2.17. The van der Waals surface area contributed by atoms with Crippen molar-refractivity contribution in [2.75, 3.05) is 19.8 Å². The molecule has 0 aromatic heterocycles. The molecule has 60 heavy (non-hydrogen) atoms. The first-order valence-corrected chi connectivity index (χ1v) is 24.8. The summed E-state index contributed by atoms with van der Waals surface area (Å²) in [6.07, 6.45) is 66.9. The summed E-state index contributed by atoms with van der Waals surface area (Å²) < 4.78 is 17.3. The minimum Gasteiger partial charge on any atom is -0.462 e. The van der Waals surface area contributed by atoms with Gasteiger partial charge in [0.15, 0.2) is 6.10 Å². The minimum absolute atomic E-state index is 0.0554. The van der Waals surface area contributed by atoms with Crippen LogP contribution in [0.4, 0.5) is 0 Å². The van der Waals surface area contributed by atoms with Crippen LogP contribution in [0.15, 0.2) is 97.2 Å². The van der Waals surface area contributed by atoms with Gasteiger partial charge < -0.3 is 14.2 Å². The molecule has 1 atom stereocenters. The highest BCUT2D eigenvalue weighted by Crippen LogP contribution is 2.12. The molecule has 0 rings (SSSR count). The molecule has 0 N–H and O–H groups in total. The molecule has 0 saturated heterocycles. The second-order valence-electron chi connectivity index (χ2n) is 16.0. The third-order valence-corrected chi connectivity index (χ3v) is 10.1. The largest absolute Gasteiger partial charge is 0.462 e. The van der Waals surface area contributed by atoms with E-state index >= 15 is 0 Å². The first kappa shape index (κ1) is 56.8. The van der Waals surface area contributed by atoms with Crippen molar-refractivity contribution in [1.29, 1.82) is 0 Å². The SMILES string of the molecule is CC/C=C\C/C=C\C/C=C\C/C=C\C/C=C\CCCCCC(=O)OCC(COCCCCCCCC/C=C\C/C=C\CCC)OC(=O)CCCCCCC/C=C\CCCC. The maximum Gasteiger partial charge on any atom is 0.306 e. The van der Waals surface area contributed by atoms with Crippen molar-refractivity contribution >= 4 is 11.9 Å². The van der Waals surface area contributed by atoms with E-state index in [2.05, 4.69) is 118 Å². The van der Waals surface area contributed by atoms with Crippen LogP contribution in [-0.4, -0.2) is 37.9 Å². The Morgan fingerprint density at radius 1 is 0.383 bits per heavy atom. The fraction of sp³-hybridized carbons (Fsp3) is 0.673. The summed E-state index contributed by atoms with van der Waals surface area (Å²) in [7, 11) is 0. The van der Waals surface area contributed by atoms with E-state index in [0.29, 0.717) is 19.4 Å². The highest BCUT2D eigenvalue weighted by atomic mass is 16.6. The van der Waals surface area contributed by atoms with Crippen LogP contribution in [0.1, 0.15) is 213 Å². The summed E-state index contributed by atoms with van der Waals surface area (Å²) in [5, 5.41) is 0. The molecule has 342 valence electrons. The Morgan fingerprint density at radius 3 is 1.30 bits per heavy atom. The van der Waals surface area contributed by atoms with Gasteiger partial charge in [-0.1, -0.05) is 189 Å². The predicted octanol–water partition coefficient (Wildman–Crippen LogP) is 16.7. The Labute approximate surface area is 371 Å². The first-order valence-electron chi connectivity index (χ1n) is 24.8. The number of ether oxygens (including phenoxy) is 3. The van der Waals surface area contributed by atoms with Gasteiger partial charge in [0.25, 0.3) is 0 Å². The van der Waals surface area contributed by atoms with Crippen LogP contribution < -0.4 is 0 Å². The zero-order valence-corrected chi connectivity index (χ0v) is 39.2. The lowest BCUT2D eigenvalue weighted by Gasteiger charge is -2.18. The maximum atomic E-state index is 12.7. The third-order valence-electron chi connectivity index (χ3n) is 10.1.